The fraction of sp³-hybridized carbons (Fsp3) is 0.0385. The zero-order chi connectivity index (χ0) is 24.3. The Morgan fingerprint density at radius 1 is 1.17 bits per heavy atom. The molecule has 6 aromatic rings. The van der Waals surface area contributed by atoms with Crippen molar-refractivity contribution in [2.45, 2.75) is 6.54 Å². The average molecular weight is 488 g/mol. The van der Waals surface area contributed by atoms with E-state index in [2.05, 4.69) is 9.97 Å². The van der Waals surface area contributed by atoms with E-state index in [0.717, 1.165) is 5.39 Å². The first-order valence-corrected chi connectivity index (χ1v) is 11.0. The topological polar surface area (TPSA) is 101 Å². The molecule has 0 saturated carbocycles. The lowest BCUT2D eigenvalue weighted by molar-refractivity contribution is 0.0687. The average Bonchev–Trinajstić information content (AvgIpc) is 3.44. The van der Waals surface area contributed by atoms with Crippen LogP contribution in [0.25, 0.3) is 43.9 Å². The standard InChI is InChI=1S/C26H15ClFN3O4/c27-24-14(10-13-4-1-2-6-18(13)30-24)12-31-19-11-17(28)15-7-9-35-23(15)21(19)20(22(31)26(33)34)16-5-3-8-29-25(16)32/h1-11H,12H2,(H,29,32)(H,33,34). The number of aromatic nitrogens is 3. The fourth-order valence-electron chi connectivity index (χ4n) is 4.59. The van der Waals surface area contributed by atoms with Crippen LogP contribution in [0, 0.1) is 5.82 Å². The number of carbonyl (C=O) groups is 1. The number of hydrogen-bond acceptors (Lipinski definition) is 4. The van der Waals surface area contributed by atoms with E-state index in [0.29, 0.717) is 16.5 Å². The largest absolute Gasteiger partial charge is 0.477 e. The van der Waals surface area contributed by atoms with Gasteiger partial charge in [-0.25, -0.2) is 14.2 Å². The van der Waals surface area contributed by atoms with Gasteiger partial charge in [-0.15, -0.1) is 0 Å². The molecular weight excluding hydrogens is 473 g/mol. The maximum absolute atomic E-state index is 15.1. The molecule has 4 aromatic heterocycles. The monoisotopic (exact) mass is 487 g/mol. The summed E-state index contributed by atoms with van der Waals surface area (Å²) in [4.78, 5) is 32.4. The summed E-state index contributed by atoms with van der Waals surface area (Å²) >= 11 is 6.47. The molecule has 35 heavy (non-hydrogen) atoms. The van der Waals surface area contributed by atoms with Crippen molar-refractivity contribution in [3.05, 3.63) is 99.6 Å². The van der Waals surface area contributed by atoms with Gasteiger partial charge in [-0.1, -0.05) is 29.8 Å². The molecule has 172 valence electrons. The van der Waals surface area contributed by atoms with E-state index >= 15 is 4.39 Å². The van der Waals surface area contributed by atoms with Crippen molar-refractivity contribution in [3.63, 3.8) is 0 Å². The Morgan fingerprint density at radius 3 is 2.80 bits per heavy atom. The number of carboxylic acids is 1. The molecular formula is C26H15ClFN3O4. The summed E-state index contributed by atoms with van der Waals surface area (Å²) in [7, 11) is 0. The van der Waals surface area contributed by atoms with Gasteiger partial charge in [0, 0.05) is 22.7 Å². The third-order valence-electron chi connectivity index (χ3n) is 6.09. The highest BCUT2D eigenvalue weighted by atomic mass is 35.5. The summed E-state index contributed by atoms with van der Waals surface area (Å²) < 4.78 is 22.1. The summed E-state index contributed by atoms with van der Waals surface area (Å²) in [6.07, 6.45) is 2.78. The predicted octanol–water partition coefficient (Wildman–Crippen LogP) is 5.83. The van der Waals surface area contributed by atoms with Gasteiger partial charge in [0.15, 0.2) is 0 Å². The van der Waals surface area contributed by atoms with Gasteiger partial charge in [0.1, 0.15) is 22.2 Å². The Labute approximate surface area is 201 Å². The van der Waals surface area contributed by atoms with Crippen LogP contribution in [0.1, 0.15) is 16.1 Å². The van der Waals surface area contributed by atoms with Gasteiger partial charge in [0.05, 0.1) is 40.2 Å². The van der Waals surface area contributed by atoms with Crippen LogP contribution in [0.2, 0.25) is 5.15 Å². The van der Waals surface area contributed by atoms with Crippen LogP contribution in [-0.2, 0) is 6.54 Å². The van der Waals surface area contributed by atoms with Gasteiger partial charge in [-0.05, 0) is 36.4 Å². The molecule has 0 atom stereocenters. The minimum atomic E-state index is -1.29. The summed E-state index contributed by atoms with van der Waals surface area (Å²) in [6.45, 7) is -0.0226. The lowest BCUT2D eigenvalue weighted by atomic mass is 10.0. The predicted molar refractivity (Wildman–Crippen MR) is 131 cm³/mol. The lowest BCUT2D eigenvalue weighted by Crippen LogP contribution is -2.14. The molecule has 0 fully saturated rings. The van der Waals surface area contributed by atoms with Crippen molar-refractivity contribution >= 4 is 50.3 Å². The summed E-state index contributed by atoms with van der Waals surface area (Å²) in [6, 6.07) is 15.0. The Balaban J connectivity index is 1.73. The van der Waals surface area contributed by atoms with Gasteiger partial charge < -0.3 is 19.1 Å². The second-order valence-corrected chi connectivity index (χ2v) is 8.43. The number of para-hydroxylation sites is 1. The molecule has 7 nitrogen and oxygen atoms in total. The van der Waals surface area contributed by atoms with Crippen molar-refractivity contribution in [2.24, 2.45) is 0 Å². The maximum Gasteiger partial charge on any atom is 0.353 e. The number of nitrogens with zero attached hydrogens (tertiary/aromatic N) is 2. The quantitative estimate of drug-likeness (QED) is 0.305. The number of nitrogens with one attached hydrogen (secondary N) is 1. The molecule has 0 bridgehead atoms. The Kier molecular flexibility index (Phi) is 4.72. The smallest absolute Gasteiger partial charge is 0.353 e. The van der Waals surface area contributed by atoms with Crippen molar-refractivity contribution in [2.75, 3.05) is 0 Å². The number of fused-ring (bicyclic) bond motifs is 4. The van der Waals surface area contributed by atoms with E-state index in [9.17, 15) is 14.7 Å². The van der Waals surface area contributed by atoms with Crippen LogP contribution < -0.4 is 5.56 Å². The molecule has 0 radical (unpaired) electrons. The third kappa shape index (κ3) is 3.22. The summed E-state index contributed by atoms with van der Waals surface area (Å²) in [5, 5.41) is 11.8. The van der Waals surface area contributed by atoms with Crippen LogP contribution in [0.5, 0.6) is 0 Å². The number of pyridine rings is 2. The second kappa shape index (κ2) is 7.82. The van der Waals surface area contributed by atoms with E-state index in [4.69, 9.17) is 16.0 Å². The number of halogens is 2. The second-order valence-electron chi connectivity index (χ2n) is 8.07. The molecule has 2 aromatic carbocycles. The highest BCUT2D eigenvalue weighted by molar-refractivity contribution is 6.30. The first kappa shape index (κ1) is 21.1. The number of aromatic carboxylic acids is 1. The molecule has 0 saturated heterocycles. The van der Waals surface area contributed by atoms with Gasteiger partial charge in [-0.2, -0.15) is 0 Å². The summed E-state index contributed by atoms with van der Waals surface area (Å²) in [5.41, 5.74) is 1.23. The lowest BCUT2D eigenvalue weighted by Gasteiger charge is -2.11. The molecule has 9 heteroatoms. The molecule has 2 N–H and O–H groups in total. The van der Waals surface area contributed by atoms with Crippen LogP contribution in [0.3, 0.4) is 0 Å². The molecule has 0 aliphatic carbocycles. The zero-order valence-corrected chi connectivity index (χ0v) is 18.6. The minimum Gasteiger partial charge on any atom is -0.477 e. The summed E-state index contributed by atoms with van der Waals surface area (Å²) in [5.74, 6) is -1.86. The van der Waals surface area contributed by atoms with Crippen molar-refractivity contribution in [1.29, 1.82) is 0 Å². The van der Waals surface area contributed by atoms with Gasteiger partial charge in [0.25, 0.3) is 5.56 Å². The van der Waals surface area contributed by atoms with E-state index < -0.39 is 17.3 Å². The molecule has 4 heterocycles. The first-order valence-electron chi connectivity index (χ1n) is 10.6. The molecule has 6 rings (SSSR count). The molecule has 0 aliphatic heterocycles. The third-order valence-corrected chi connectivity index (χ3v) is 6.41. The van der Waals surface area contributed by atoms with Crippen LogP contribution >= 0.6 is 11.6 Å². The number of benzene rings is 2. The normalized spacial score (nSPS) is 11.6. The van der Waals surface area contributed by atoms with Crippen molar-refractivity contribution in [3.8, 4) is 11.1 Å². The maximum atomic E-state index is 15.1. The van der Waals surface area contributed by atoms with Gasteiger partial charge in [-0.3, -0.25) is 4.79 Å². The Morgan fingerprint density at radius 2 is 2.00 bits per heavy atom. The number of H-pyrrole nitrogens is 1. The first-order chi connectivity index (χ1) is 16.9. The van der Waals surface area contributed by atoms with Crippen LogP contribution in [0.15, 0.2) is 76.3 Å². The minimum absolute atomic E-state index is 0.0226. The number of rotatable bonds is 4. The number of aromatic amines is 1. The number of hydrogen-bond donors (Lipinski definition) is 2. The number of carboxylic acid groups (broad SMARTS) is 1. The Bertz CT molecular complexity index is 1870. The van der Waals surface area contributed by atoms with Crippen LogP contribution in [-0.4, -0.2) is 25.6 Å². The van der Waals surface area contributed by atoms with E-state index in [1.54, 1.807) is 6.07 Å². The van der Waals surface area contributed by atoms with Crippen LogP contribution in [0.4, 0.5) is 4.39 Å². The molecule has 0 unspecified atom stereocenters. The number of furan rings is 1. The zero-order valence-electron chi connectivity index (χ0n) is 17.9. The van der Waals surface area contributed by atoms with Crippen molar-refractivity contribution in [1.82, 2.24) is 14.5 Å². The molecule has 0 amide bonds. The van der Waals surface area contributed by atoms with E-state index in [-0.39, 0.29) is 45.0 Å². The molecule has 0 aliphatic rings. The highest BCUT2D eigenvalue weighted by Crippen LogP contribution is 2.40. The Hall–Kier alpha value is -4.43. The van der Waals surface area contributed by atoms with Gasteiger partial charge in [0.2, 0.25) is 0 Å². The van der Waals surface area contributed by atoms with E-state index in [1.807, 2.05) is 30.3 Å². The SMILES string of the molecule is O=C(O)c1c(-c2ccc[nH]c2=O)c2c3occc3c(F)cc2n1Cc1cc2ccccc2nc1Cl. The van der Waals surface area contributed by atoms with Gasteiger partial charge >= 0.3 is 5.97 Å². The fourth-order valence-corrected chi connectivity index (χ4v) is 4.80. The van der Waals surface area contributed by atoms with E-state index in [1.165, 1.54) is 35.2 Å². The van der Waals surface area contributed by atoms with Crippen molar-refractivity contribution < 1.29 is 18.7 Å². The highest BCUT2D eigenvalue weighted by Gasteiger charge is 2.29. The molecule has 0 spiro atoms.